The summed E-state index contributed by atoms with van der Waals surface area (Å²) in [4.78, 5) is 5.20. The monoisotopic (exact) mass is 573 g/mol. The lowest BCUT2D eigenvalue weighted by molar-refractivity contribution is 0.673. The second-order valence-electron chi connectivity index (χ2n) is 11.5. The van der Waals surface area contributed by atoms with Gasteiger partial charge in [-0.3, -0.25) is 0 Å². The highest BCUT2D eigenvalue weighted by atomic mass is 16.3. The van der Waals surface area contributed by atoms with Gasteiger partial charge in [-0.15, -0.1) is 0 Å². The van der Waals surface area contributed by atoms with E-state index in [1.54, 1.807) is 0 Å². The molecule has 2 nitrogen and oxygen atoms in total. The van der Waals surface area contributed by atoms with E-state index in [1.807, 2.05) is 12.1 Å². The second-order valence-corrected chi connectivity index (χ2v) is 11.5. The van der Waals surface area contributed by atoms with Crippen LogP contribution in [0.4, 0.5) is 0 Å². The van der Waals surface area contributed by atoms with Crippen LogP contribution in [0.5, 0.6) is 0 Å². The average molecular weight is 574 g/mol. The van der Waals surface area contributed by atoms with Crippen molar-refractivity contribution in [2.24, 2.45) is 0 Å². The van der Waals surface area contributed by atoms with E-state index in [-0.39, 0.29) is 0 Å². The Kier molecular flexibility index (Phi) is 5.85. The first kappa shape index (κ1) is 25.5. The summed E-state index contributed by atoms with van der Waals surface area (Å²) in [5, 5.41) is 5.56. The number of rotatable bonds is 4. The zero-order chi connectivity index (χ0) is 29.7. The zero-order valence-electron chi connectivity index (χ0n) is 24.4. The fourth-order valence-electron chi connectivity index (χ4n) is 6.65. The maximum absolute atomic E-state index is 6.51. The van der Waals surface area contributed by atoms with Crippen LogP contribution < -0.4 is 0 Å². The van der Waals surface area contributed by atoms with Gasteiger partial charge in [-0.05, 0) is 69.8 Å². The van der Waals surface area contributed by atoms with Gasteiger partial charge in [-0.1, -0.05) is 127 Å². The van der Waals surface area contributed by atoms with Gasteiger partial charge < -0.3 is 4.42 Å². The summed E-state index contributed by atoms with van der Waals surface area (Å²) in [6.07, 6.45) is 0. The molecule has 0 atom stereocenters. The average Bonchev–Trinajstić information content (AvgIpc) is 3.51. The molecule has 0 saturated carbocycles. The number of furan rings is 1. The molecular formula is C43H27NO. The smallest absolute Gasteiger partial charge is 0.144 e. The minimum absolute atomic E-state index is 0.902. The number of nitrogens with zero attached hydrogens (tertiary/aromatic N) is 1. The number of fused-ring (bicyclic) bond motifs is 7. The van der Waals surface area contributed by atoms with Gasteiger partial charge in [0.2, 0.25) is 0 Å². The van der Waals surface area contributed by atoms with Gasteiger partial charge in [-0.2, -0.15) is 0 Å². The lowest BCUT2D eigenvalue weighted by atomic mass is 9.92. The Bertz CT molecular complexity index is 2450. The Balaban J connectivity index is 1.21. The van der Waals surface area contributed by atoms with E-state index < -0.39 is 0 Å². The Labute approximate surface area is 260 Å². The van der Waals surface area contributed by atoms with E-state index in [4.69, 9.17) is 9.40 Å². The van der Waals surface area contributed by atoms with Crippen molar-refractivity contribution >= 4 is 43.6 Å². The van der Waals surface area contributed by atoms with Crippen LogP contribution in [0.2, 0.25) is 0 Å². The number of aromatic nitrogens is 1. The molecule has 0 radical (unpaired) electrons. The summed E-state index contributed by atoms with van der Waals surface area (Å²) < 4.78 is 6.51. The van der Waals surface area contributed by atoms with Gasteiger partial charge in [0.25, 0.3) is 0 Å². The highest BCUT2D eigenvalue weighted by Gasteiger charge is 2.17. The Hall–Kier alpha value is -5.99. The summed E-state index contributed by atoms with van der Waals surface area (Å²) >= 11 is 0. The summed E-state index contributed by atoms with van der Waals surface area (Å²) in [5.74, 6) is 0. The molecule has 9 aromatic rings. The summed E-state index contributed by atoms with van der Waals surface area (Å²) in [6.45, 7) is 0. The van der Waals surface area contributed by atoms with E-state index >= 15 is 0 Å². The van der Waals surface area contributed by atoms with Crippen molar-refractivity contribution in [1.29, 1.82) is 0 Å². The van der Waals surface area contributed by atoms with Crippen molar-refractivity contribution in [3.05, 3.63) is 164 Å². The summed E-state index contributed by atoms with van der Waals surface area (Å²) in [5.41, 5.74) is 12.0. The summed E-state index contributed by atoms with van der Waals surface area (Å²) in [7, 11) is 0. The lowest BCUT2D eigenvalue weighted by Crippen LogP contribution is -1.91. The van der Waals surface area contributed by atoms with Crippen LogP contribution in [0.3, 0.4) is 0 Å². The number of pyridine rings is 1. The Morgan fingerprint density at radius 2 is 0.867 bits per heavy atom. The predicted octanol–water partition coefficient (Wildman–Crippen LogP) is 12.0. The minimum atomic E-state index is 0.902. The van der Waals surface area contributed by atoms with Crippen LogP contribution in [-0.4, -0.2) is 4.98 Å². The number of hydrogen-bond acceptors (Lipinski definition) is 2. The van der Waals surface area contributed by atoms with Crippen molar-refractivity contribution in [2.75, 3.05) is 0 Å². The van der Waals surface area contributed by atoms with E-state index in [1.165, 1.54) is 33.4 Å². The van der Waals surface area contributed by atoms with Gasteiger partial charge in [0.1, 0.15) is 11.2 Å². The topological polar surface area (TPSA) is 26.0 Å². The molecule has 9 rings (SSSR count). The van der Waals surface area contributed by atoms with E-state index in [0.29, 0.717) is 0 Å². The first-order chi connectivity index (χ1) is 22.3. The fourth-order valence-corrected chi connectivity index (χ4v) is 6.65. The second kappa shape index (κ2) is 10.3. The number of benzene rings is 7. The largest absolute Gasteiger partial charge is 0.455 e. The van der Waals surface area contributed by atoms with Gasteiger partial charge >= 0.3 is 0 Å². The van der Waals surface area contributed by atoms with Crippen LogP contribution in [0, 0.1) is 0 Å². The molecule has 0 amide bonds. The standard InChI is InChI=1S/C43H27NO/c1-3-11-28(12-4-1)32-25-33(29-13-5-2-6-14-29)27-34(26-32)30-19-21-31(22-20-30)42-38-24-23-36-35-15-8-10-18-40(35)45-43(36)41(38)37-16-7-9-17-39(37)44-42/h1-27H. The predicted molar refractivity (Wildman–Crippen MR) is 188 cm³/mol. The molecule has 210 valence electrons. The highest BCUT2D eigenvalue weighted by molar-refractivity contribution is 6.24. The SMILES string of the molecule is c1ccc(-c2cc(-c3ccccc3)cc(-c3ccc(-c4nc5ccccc5c5c4ccc4c6ccccc6oc45)cc3)c2)cc1. The van der Waals surface area contributed by atoms with Gasteiger partial charge in [0.15, 0.2) is 0 Å². The van der Waals surface area contributed by atoms with Gasteiger partial charge in [0.05, 0.1) is 11.2 Å². The quantitative estimate of drug-likeness (QED) is 0.196. The van der Waals surface area contributed by atoms with Crippen molar-refractivity contribution in [2.45, 2.75) is 0 Å². The third-order valence-electron chi connectivity index (χ3n) is 8.85. The first-order valence-corrected chi connectivity index (χ1v) is 15.3. The Morgan fingerprint density at radius 3 is 1.53 bits per heavy atom. The molecule has 2 heteroatoms. The molecule has 2 heterocycles. The first-order valence-electron chi connectivity index (χ1n) is 15.3. The number of para-hydroxylation sites is 2. The van der Waals surface area contributed by atoms with E-state index in [9.17, 15) is 0 Å². The molecule has 2 aromatic heterocycles. The van der Waals surface area contributed by atoms with Crippen LogP contribution in [0.1, 0.15) is 0 Å². The molecule has 0 aliphatic carbocycles. The van der Waals surface area contributed by atoms with Crippen LogP contribution in [0.25, 0.3) is 88.3 Å². The molecule has 0 fully saturated rings. The molecule has 0 N–H and O–H groups in total. The summed E-state index contributed by atoms with van der Waals surface area (Å²) in [6, 6.07) is 57.9. The fraction of sp³-hybridized carbons (Fsp3) is 0. The van der Waals surface area contributed by atoms with Crippen LogP contribution in [-0.2, 0) is 0 Å². The van der Waals surface area contributed by atoms with Gasteiger partial charge in [-0.25, -0.2) is 4.98 Å². The molecule has 0 unspecified atom stereocenters. The molecule has 45 heavy (non-hydrogen) atoms. The van der Waals surface area contributed by atoms with E-state index in [0.717, 1.165) is 54.9 Å². The van der Waals surface area contributed by atoms with Crippen LogP contribution >= 0.6 is 0 Å². The molecule has 0 saturated heterocycles. The minimum Gasteiger partial charge on any atom is -0.455 e. The molecule has 0 aliphatic heterocycles. The molecule has 0 spiro atoms. The third kappa shape index (κ3) is 4.30. The maximum atomic E-state index is 6.51. The zero-order valence-corrected chi connectivity index (χ0v) is 24.4. The molecule has 0 aliphatic rings. The highest BCUT2D eigenvalue weighted by Crippen LogP contribution is 2.41. The van der Waals surface area contributed by atoms with Crippen molar-refractivity contribution in [3.8, 4) is 44.6 Å². The lowest BCUT2D eigenvalue weighted by Gasteiger charge is -2.13. The molecule has 0 bridgehead atoms. The van der Waals surface area contributed by atoms with Crippen molar-refractivity contribution in [3.63, 3.8) is 0 Å². The molecular weight excluding hydrogens is 546 g/mol. The Morgan fingerprint density at radius 1 is 0.356 bits per heavy atom. The van der Waals surface area contributed by atoms with Crippen LogP contribution in [0.15, 0.2) is 168 Å². The maximum Gasteiger partial charge on any atom is 0.144 e. The normalized spacial score (nSPS) is 11.6. The van der Waals surface area contributed by atoms with E-state index in [2.05, 4.69) is 152 Å². The molecule has 7 aromatic carbocycles. The van der Waals surface area contributed by atoms with Gasteiger partial charge in [0, 0.05) is 32.5 Å². The van der Waals surface area contributed by atoms with Crippen molar-refractivity contribution < 1.29 is 4.42 Å². The third-order valence-corrected chi connectivity index (χ3v) is 8.85. The van der Waals surface area contributed by atoms with Crippen molar-refractivity contribution in [1.82, 2.24) is 4.98 Å². The number of hydrogen-bond donors (Lipinski definition) is 0.